The number of carbonyl (C=O) groups excluding carboxylic acids is 2. The lowest BCUT2D eigenvalue weighted by molar-refractivity contribution is -0.140. The van der Waals surface area contributed by atoms with Gasteiger partial charge in [-0.1, -0.05) is 12.1 Å². The number of hydrogen-bond acceptors (Lipinski definition) is 6. The second kappa shape index (κ2) is 8.07. The fourth-order valence-corrected chi connectivity index (χ4v) is 4.15. The molecular formula is C24H26N2O5. The quantitative estimate of drug-likeness (QED) is 0.438. The number of phenols is 1. The Balaban J connectivity index is 1.81. The zero-order valence-corrected chi connectivity index (χ0v) is 17.8. The highest BCUT2D eigenvalue weighted by Crippen LogP contribution is 2.40. The molecule has 2 heterocycles. The van der Waals surface area contributed by atoms with Gasteiger partial charge in [0.15, 0.2) is 0 Å². The van der Waals surface area contributed by atoms with Crippen LogP contribution in [0.25, 0.3) is 5.76 Å². The average Bonchev–Trinajstić information content (AvgIpc) is 3.22. The number of carbonyl (C=O) groups is 2. The van der Waals surface area contributed by atoms with E-state index in [9.17, 15) is 19.8 Å². The fraction of sp³-hybridized carbons (Fsp3) is 0.333. The van der Waals surface area contributed by atoms with Crippen molar-refractivity contribution >= 4 is 17.4 Å². The van der Waals surface area contributed by atoms with Crippen LogP contribution in [0.15, 0.2) is 48.0 Å². The highest BCUT2D eigenvalue weighted by Gasteiger charge is 2.46. The Morgan fingerprint density at radius 2 is 1.87 bits per heavy atom. The highest BCUT2D eigenvalue weighted by molar-refractivity contribution is 6.46. The maximum atomic E-state index is 13.0. The number of benzene rings is 2. The number of aliphatic hydroxyl groups is 1. The van der Waals surface area contributed by atoms with E-state index in [1.165, 1.54) is 17.0 Å². The molecule has 0 radical (unpaired) electrons. The lowest BCUT2D eigenvalue weighted by Crippen LogP contribution is -2.35. The van der Waals surface area contributed by atoms with E-state index in [0.717, 1.165) is 17.7 Å². The first-order valence-corrected chi connectivity index (χ1v) is 10.3. The Morgan fingerprint density at radius 1 is 1.16 bits per heavy atom. The molecule has 0 aromatic heterocycles. The van der Waals surface area contributed by atoms with E-state index in [0.29, 0.717) is 24.2 Å². The number of likely N-dealkylation sites (tertiary alicyclic amines) is 1. The largest absolute Gasteiger partial charge is 0.508 e. The summed E-state index contributed by atoms with van der Waals surface area (Å²) in [7, 11) is 3.78. The molecule has 2 aliphatic heterocycles. The van der Waals surface area contributed by atoms with Gasteiger partial charge in [-0.05, 0) is 62.5 Å². The number of ketones is 1. The van der Waals surface area contributed by atoms with Gasteiger partial charge >= 0.3 is 0 Å². The van der Waals surface area contributed by atoms with Crippen LogP contribution in [0.1, 0.15) is 29.7 Å². The molecule has 1 amide bonds. The van der Waals surface area contributed by atoms with Gasteiger partial charge in [0.25, 0.3) is 11.7 Å². The first-order chi connectivity index (χ1) is 14.8. The third-order valence-corrected chi connectivity index (χ3v) is 5.71. The van der Waals surface area contributed by atoms with Gasteiger partial charge in [0, 0.05) is 25.1 Å². The molecule has 2 aromatic carbocycles. The molecule has 7 nitrogen and oxygen atoms in total. The van der Waals surface area contributed by atoms with Crippen LogP contribution in [0, 0.1) is 0 Å². The van der Waals surface area contributed by atoms with Crippen LogP contribution in [0.4, 0.5) is 0 Å². The fourth-order valence-electron chi connectivity index (χ4n) is 4.15. The summed E-state index contributed by atoms with van der Waals surface area (Å²) in [6.07, 6.45) is 0.774. The van der Waals surface area contributed by atoms with Crippen molar-refractivity contribution in [1.29, 1.82) is 0 Å². The van der Waals surface area contributed by atoms with Crippen LogP contribution in [-0.4, -0.2) is 65.0 Å². The van der Waals surface area contributed by atoms with Crippen molar-refractivity contribution in [3.8, 4) is 11.5 Å². The number of likely N-dealkylation sites (N-methyl/N-ethyl adjacent to an activating group) is 1. The van der Waals surface area contributed by atoms with Gasteiger partial charge in [-0.25, -0.2) is 0 Å². The molecule has 2 aliphatic rings. The second-order valence-corrected chi connectivity index (χ2v) is 8.34. The molecule has 1 saturated heterocycles. The van der Waals surface area contributed by atoms with Crippen LogP contribution >= 0.6 is 0 Å². The molecule has 1 fully saturated rings. The zero-order valence-electron chi connectivity index (χ0n) is 17.8. The number of phenolic OH excluding ortho intramolecular Hbond substituents is 1. The number of aromatic hydroxyl groups is 1. The summed E-state index contributed by atoms with van der Waals surface area (Å²) >= 11 is 0. The molecule has 0 aliphatic carbocycles. The van der Waals surface area contributed by atoms with Gasteiger partial charge in [-0.15, -0.1) is 0 Å². The van der Waals surface area contributed by atoms with Crippen LogP contribution < -0.4 is 4.74 Å². The number of rotatable bonds is 5. The predicted octanol–water partition coefficient (Wildman–Crippen LogP) is 2.70. The Bertz CT molecular complexity index is 1060. The number of amides is 1. The SMILES string of the molecule is CC1Cc2cc(/C(O)=C3/C(=O)C(=O)N(CCN(C)C)C3c3ccc(O)cc3)ccc2O1. The van der Waals surface area contributed by atoms with E-state index in [2.05, 4.69) is 0 Å². The predicted molar refractivity (Wildman–Crippen MR) is 116 cm³/mol. The Labute approximate surface area is 181 Å². The van der Waals surface area contributed by atoms with Crippen LogP contribution in [0.3, 0.4) is 0 Å². The van der Waals surface area contributed by atoms with E-state index in [4.69, 9.17) is 4.74 Å². The topological polar surface area (TPSA) is 90.3 Å². The summed E-state index contributed by atoms with van der Waals surface area (Å²) in [4.78, 5) is 29.3. The van der Waals surface area contributed by atoms with Crippen molar-refractivity contribution in [2.45, 2.75) is 25.5 Å². The van der Waals surface area contributed by atoms with Gasteiger partial charge in [-0.2, -0.15) is 0 Å². The minimum Gasteiger partial charge on any atom is -0.508 e. The summed E-state index contributed by atoms with van der Waals surface area (Å²) < 4.78 is 5.72. The van der Waals surface area contributed by atoms with Crippen LogP contribution in [-0.2, 0) is 16.0 Å². The van der Waals surface area contributed by atoms with E-state index in [1.807, 2.05) is 32.0 Å². The smallest absolute Gasteiger partial charge is 0.295 e. The summed E-state index contributed by atoms with van der Waals surface area (Å²) in [5.41, 5.74) is 2.14. The molecule has 7 heteroatoms. The molecule has 0 spiro atoms. The third-order valence-electron chi connectivity index (χ3n) is 5.71. The van der Waals surface area contributed by atoms with Crippen molar-refractivity contribution in [2.75, 3.05) is 27.2 Å². The number of nitrogens with zero attached hydrogens (tertiary/aromatic N) is 2. The standard InChI is InChI=1S/C24H26N2O5/c1-14-12-17-13-16(6-9-19(17)31-14)22(28)20-21(15-4-7-18(27)8-5-15)26(11-10-25(2)3)24(30)23(20)29/h4-9,13-14,21,27-28H,10-12H2,1-3H3/b22-20-. The Kier molecular flexibility index (Phi) is 5.45. The first kappa shape index (κ1) is 20.9. The summed E-state index contributed by atoms with van der Waals surface area (Å²) in [5, 5.41) is 20.8. The molecule has 2 N–H and O–H groups in total. The van der Waals surface area contributed by atoms with Gasteiger partial charge in [-0.3, -0.25) is 9.59 Å². The number of fused-ring (bicyclic) bond motifs is 1. The minimum absolute atomic E-state index is 0.0565. The van der Waals surface area contributed by atoms with Crippen molar-refractivity contribution < 1.29 is 24.5 Å². The Hall–Kier alpha value is -3.32. The van der Waals surface area contributed by atoms with Gasteiger partial charge < -0.3 is 24.7 Å². The molecular weight excluding hydrogens is 396 g/mol. The maximum Gasteiger partial charge on any atom is 0.295 e. The summed E-state index contributed by atoms with van der Waals surface area (Å²) in [6, 6.07) is 10.9. The van der Waals surface area contributed by atoms with Gasteiger partial charge in [0.1, 0.15) is 23.4 Å². The molecule has 31 heavy (non-hydrogen) atoms. The molecule has 4 rings (SSSR count). The molecule has 0 bridgehead atoms. The molecule has 2 unspecified atom stereocenters. The normalized spacial score (nSPS) is 22.1. The first-order valence-electron chi connectivity index (χ1n) is 10.3. The van der Waals surface area contributed by atoms with Crippen molar-refractivity contribution in [3.63, 3.8) is 0 Å². The van der Waals surface area contributed by atoms with Crippen molar-refractivity contribution in [1.82, 2.24) is 9.80 Å². The van der Waals surface area contributed by atoms with Crippen molar-refractivity contribution in [3.05, 3.63) is 64.7 Å². The maximum absolute atomic E-state index is 13.0. The van der Waals surface area contributed by atoms with E-state index in [-0.39, 0.29) is 23.2 Å². The number of Topliss-reactive ketones (excluding diaryl/α,β-unsaturated/α-hetero) is 1. The van der Waals surface area contributed by atoms with E-state index < -0.39 is 17.7 Å². The zero-order chi connectivity index (χ0) is 22.3. The molecule has 2 aromatic rings. The third kappa shape index (κ3) is 3.88. The van der Waals surface area contributed by atoms with Crippen molar-refractivity contribution in [2.24, 2.45) is 0 Å². The summed E-state index contributed by atoms with van der Waals surface area (Å²) in [5.74, 6) is -0.697. The number of aliphatic hydroxyl groups excluding tert-OH is 1. The van der Waals surface area contributed by atoms with Gasteiger partial charge in [0.05, 0.1) is 11.6 Å². The van der Waals surface area contributed by atoms with Crippen LogP contribution in [0.5, 0.6) is 11.5 Å². The Morgan fingerprint density at radius 3 is 2.55 bits per heavy atom. The number of hydrogen-bond donors (Lipinski definition) is 2. The lowest BCUT2D eigenvalue weighted by atomic mass is 9.94. The average molecular weight is 422 g/mol. The molecule has 2 atom stereocenters. The molecule has 0 saturated carbocycles. The monoisotopic (exact) mass is 422 g/mol. The highest BCUT2D eigenvalue weighted by atomic mass is 16.5. The van der Waals surface area contributed by atoms with E-state index >= 15 is 0 Å². The molecule has 162 valence electrons. The minimum atomic E-state index is -0.732. The summed E-state index contributed by atoms with van der Waals surface area (Å²) in [6.45, 7) is 2.87. The van der Waals surface area contributed by atoms with E-state index in [1.54, 1.807) is 24.3 Å². The lowest BCUT2D eigenvalue weighted by Gasteiger charge is -2.26. The van der Waals surface area contributed by atoms with Gasteiger partial charge in [0.2, 0.25) is 0 Å². The van der Waals surface area contributed by atoms with Crippen LogP contribution in [0.2, 0.25) is 0 Å². The second-order valence-electron chi connectivity index (χ2n) is 8.34. The number of ether oxygens (including phenoxy) is 1.